The van der Waals surface area contributed by atoms with Crippen molar-refractivity contribution in [2.75, 3.05) is 25.0 Å². The van der Waals surface area contributed by atoms with Gasteiger partial charge in [0.15, 0.2) is 5.96 Å². The molecule has 0 radical (unpaired) electrons. The standard InChI is InChI=1S/C17H28N4O2/c1-5-13(3)20-17(18-6-2)19-10-11-23-16-9-7-8-15(12-16)21-14(4)22/h7-9,12-13H,5-6,10-11H2,1-4H3,(H,21,22)(H2,18,19,20). The highest BCUT2D eigenvalue weighted by molar-refractivity contribution is 5.88. The van der Waals surface area contributed by atoms with Crippen LogP contribution in [0.5, 0.6) is 5.75 Å². The van der Waals surface area contributed by atoms with Crippen molar-refractivity contribution in [3.05, 3.63) is 24.3 Å². The largest absolute Gasteiger partial charge is 0.492 e. The topological polar surface area (TPSA) is 74.8 Å². The molecule has 0 aliphatic rings. The Hall–Kier alpha value is -2.24. The van der Waals surface area contributed by atoms with Gasteiger partial charge in [0.25, 0.3) is 0 Å². The first-order valence-corrected chi connectivity index (χ1v) is 8.10. The monoisotopic (exact) mass is 320 g/mol. The molecule has 0 aliphatic carbocycles. The first kappa shape index (κ1) is 18.8. The summed E-state index contributed by atoms with van der Waals surface area (Å²) in [4.78, 5) is 15.5. The number of hydrogen-bond acceptors (Lipinski definition) is 3. The Morgan fingerprint density at radius 2 is 2.13 bits per heavy atom. The summed E-state index contributed by atoms with van der Waals surface area (Å²) in [6.45, 7) is 9.62. The molecule has 0 saturated heterocycles. The highest BCUT2D eigenvalue weighted by atomic mass is 16.5. The Morgan fingerprint density at radius 3 is 2.78 bits per heavy atom. The van der Waals surface area contributed by atoms with Gasteiger partial charge in [-0.2, -0.15) is 0 Å². The summed E-state index contributed by atoms with van der Waals surface area (Å²) in [7, 11) is 0. The lowest BCUT2D eigenvalue weighted by atomic mass is 10.3. The summed E-state index contributed by atoms with van der Waals surface area (Å²) in [5.74, 6) is 1.42. The number of benzene rings is 1. The van der Waals surface area contributed by atoms with Gasteiger partial charge in [-0.15, -0.1) is 0 Å². The Labute approximate surface area is 138 Å². The van der Waals surface area contributed by atoms with Crippen LogP contribution in [0, 0.1) is 0 Å². The van der Waals surface area contributed by atoms with E-state index in [2.05, 4.69) is 34.8 Å². The van der Waals surface area contributed by atoms with Crippen molar-refractivity contribution in [3.8, 4) is 5.75 Å². The van der Waals surface area contributed by atoms with Crippen LogP contribution in [-0.4, -0.2) is 37.6 Å². The van der Waals surface area contributed by atoms with Crippen molar-refractivity contribution in [2.45, 2.75) is 40.2 Å². The molecule has 0 heterocycles. The van der Waals surface area contributed by atoms with Gasteiger partial charge >= 0.3 is 0 Å². The highest BCUT2D eigenvalue weighted by Gasteiger charge is 2.02. The number of anilines is 1. The summed E-state index contributed by atoms with van der Waals surface area (Å²) in [6, 6.07) is 7.71. The molecule has 3 N–H and O–H groups in total. The Bertz CT molecular complexity index is 517. The molecule has 0 aliphatic heterocycles. The third-order valence-corrected chi connectivity index (χ3v) is 3.12. The molecule has 1 atom stereocenters. The van der Waals surface area contributed by atoms with Crippen LogP contribution < -0.4 is 20.7 Å². The lowest BCUT2D eigenvalue weighted by Gasteiger charge is -2.16. The molecule has 0 fully saturated rings. The van der Waals surface area contributed by atoms with Crippen LogP contribution in [0.4, 0.5) is 5.69 Å². The predicted octanol–water partition coefficient (Wildman–Crippen LogP) is 2.38. The first-order valence-electron chi connectivity index (χ1n) is 8.10. The molecule has 0 saturated carbocycles. The fraction of sp³-hybridized carbons (Fsp3) is 0.529. The van der Waals surface area contributed by atoms with Gasteiger partial charge in [0.1, 0.15) is 12.4 Å². The highest BCUT2D eigenvalue weighted by Crippen LogP contribution is 2.17. The van der Waals surface area contributed by atoms with E-state index in [1.54, 1.807) is 6.07 Å². The molecule has 0 spiro atoms. The molecule has 128 valence electrons. The molecule has 0 aromatic heterocycles. The van der Waals surface area contributed by atoms with Crippen molar-refractivity contribution in [3.63, 3.8) is 0 Å². The number of aliphatic imine (C=N–C) groups is 1. The SMILES string of the molecule is CCNC(=NCCOc1cccc(NC(C)=O)c1)NC(C)CC. The third kappa shape index (κ3) is 8.09. The van der Waals surface area contributed by atoms with Gasteiger partial charge in [-0.1, -0.05) is 13.0 Å². The van der Waals surface area contributed by atoms with Crippen molar-refractivity contribution in [1.82, 2.24) is 10.6 Å². The second-order valence-corrected chi connectivity index (χ2v) is 5.27. The van der Waals surface area contributed by atoms with Crippen LogP contribution in [0.3, 0.4) is 0 Å². The molecule has 1 amide bonds. The number of nitrogens with zero attached hydrogens (tertiary/aromatic N) is 1. The lowest BCUT2D eigenvalue weighted by Crippen LogP contribution is -2.42. The van der Waals surface area contributed by atoms with E-state index in [0.29, 0.717) is 24.9 Å². The second kappa shape index (κ2) is 10.5. The van der Waals surface area contributed by atoms with Crippen LogP contribution in [0.2, 0.25) is 0 Å². The molecular weight excluding hydrogens is 292 g/mol. The number of nitrogens with one attached hydrogen (secondary N) is 3. The van der Waals surface area contributed by atoms with Crippen LogP contribution in [0.25, 0.3) is 0 Å². The minimum Gasteiger partial charge on any atom is -0.492 e. The quantitative estimate of drug-likeness (QED) is 0.390. The van der Waals surface area contributed by atoms with Crippen LogP contribution in [-0.2, 0) is 4.79 Å². The van der Waals surface area contributed by atoms with E-state index >= 15 is 0 Å². The number of carbonyl (C=O) groups is 1. The minimum absolute atomic E-state index is 0.0989. The molecule has 0 bridgehead atoms. The lowest BCUT2D eigenvalue weighted by molar-refractivity contribution is -0.114. The van der Waals surface area contributed by atoms with E-state index in [9.17, 15) is 4.79 Å². The summed E-state index contributed by atoms with van der Waals surface area (Å²) >= 11 is 0. The number of carbonyl (C=O) groups excluding carboxylic acids is 1. The summed E-state index contributed by atoms with van der Waals surface area (Å²) in [5, 5.41) is 9.28. The number of guanidine groups is 1. The van der Waals surface area contributed by atoms with Crippen molar-refractivity contribution in [1.29, 1.82) is 0 Å². The number of amides is 1. The Balaban J connectivity index is 2.48. The molecule has 1 aromatic carbocycles. The van der Waals surface area contributed by atoms with Gasteiger partial charge in [0.05, 0.1) is 6.54 Å². The van der Waals surface area contributed by atoms with Gasteiger partial charge in [0.2, 0.25) is 5.91 Å². The zero-order valence-electron chi connectivity index (χ0n) is 14.5. The Kier molecular flexibility index (Phi) is 8.57. The Morgan fingerprint density at radius 1 is 1.35 bits per heavy atom. The van der Waals surface area contributed by atoms with E-state index in [0.717, 1.165) is 24.6 Å². The summed E-state index contributed by atoms with van der Waals surface area (Å²) in [5.41, 5.74) is 0.727. The molecular formula is C17H28N4O2. The third-order valence-electron chi connectivity index (χ3n) is 3.12. The van der Waals surface area contributed by atoms with E-state index in [1.807, 2.05) is 25.1 Å². The molecule has 1 unspecified atom stereocenters. The molecule has 1 rings (SSSR count). The fourth-order valence-corrected chi connectivity index (χ4v) is 1.84. The van der Waals surface area contributed by atoms with Crippen LogP contribution >= 0.6 is 0 Å². The van der Waals surface area contributed by atoms with Gasteiger partial charge in [-0.3, -0.25) is 4.79 Å². The second-order valence-electron chi connectivity index (χ2n) is 5.27. The zero-order chi connectivity index (χ0) is 17.1. The maximum atomic E-state index is 11.1. The van der Waals surface area contributed by atoms with E-state index in [1.165, 1.54) is 6.92 Å². The predicted molar refractivity (Wildman–Crippen MR) is 95.1 cm³/mol. The normalized spacial score (nSPS) is 12.4. The molecule has 1 aromatic rings. The van der Waals surface area contributed by atoms with Crippen LogP contribution in [0.15, 0.2) is 29.3 Å². The molecule has 6 heteroatoms. The van der Waals surface area contributed by atoms with Crippen molar-refractivity contribution in [2.24, 2.45) is 4.99 Å². The van der Waals surface area contributed by atoms with Crippen molar-refractivity contribution >= 4 is 17.6 Å². The van der Waals surface area contributed by atoms with E-state index in [4.69, 9.17) is 4.74 Å². The van der Waals surface area contributed by atoms with Gasteiger partial charge in [0, 0.05) is 31.3 Å². The van der Waals surface area contributed by atoms with Gasteiger partial charge < -0.3 is 20.7 Å². The molecule has 23 heavy (non-hydrogen) atoms. The smallest absolute Gasteiger partial charge is 0.221 e. The average molecular weight is 320 g/mol. The van der Waals surface area contributed by atoms with Crippen molar-refractivity contribution < 1.29 is 9.53 Å². The number of hydrogen-bond donors (Lipinski definition) is 3. The zero-order valence-corrected chi connectivity index (χ0v) is 14.5. The summed E-state index contributed by atoms with van der Waals surface area (Å²) in [6.07, 6.45) is 1.04. The first-order chi connectivity index (χ1) is 11.0. The fourth-order valence-electron chi connectivity index (χ4n) is 1.84. The summed E-state index contributed by atoms with van der Waals surface area (Å²) < 4.78 is 5.67. The average Bonchev–Trinajstić information content (AvgIpc) is 2.51. The van der Waals surface area contributed by atoms with E-state index < -0.39 is 0 Å². The van der Waals surface area contributed by atoms with Gasteiger partial charge in [-0.25, -0.2) is 4.99 Å². The maximum absolute atomic E-state index is 11.1. The van der Waals surface area contributed by atoms with E-state index in [-0.39, 0.29) is 5.91 Å². The molecule has 6 nitrogen and oxygen atoms in total. The van der Waals surface area contributed by atoms with Gasteiger partial charge in [-0.05, 0) is 32.4 Å². The number of rotatable bonds is 8. The van der Waals surface area contributed by atoms with Crippen LogP contribution in [0.1, 0.15) is 34.1 Å². The maximum Gasteiger partial charge on any atom is 0.221 e. The minimum atomic E-state index is -0.0989. The number of ether oxygens (including phenoxy) is 1.